The Morgan fingerprint density at radius 1 is 1.19 bits per heavy atom. The number of aryl methyl sites for hydroxylation is 1. The Balaban J connectivity index is 1.92. The van der Waals surface area contributed by atoms with Gasteiger partial charge < -0.3 is 5.32 Å². The molecule has 0 amide bonds. The lowest BCUT2D eigenvalue weighted by atomic mass is 9.70. The highest BCUT2D eigenvalue weighted by molar-refractivity contribution is 5.26. The van der Waals surface area contributed by atoms with Crippen LogP contribution in [0.15, 0.2) is 24.3 Å². The van der Waals surface area contributed by atoms with Crippen molar-refractivity contribution in [1.82, 2.24) is 5.32 Å². The fourth-order valence-electron chi connectivity index (χ4n) is 2.45. The largest absolute Gasteiger partial charge is 0.314 e. The van der Waals surface area contributed by atoms with Gasteiger partial charge in [0.2, 0.25) is 0 Å². The van der Waals surface area contributed by atoms with Crippen molar-refractivity contribution in [2.45, 2.75) is 45.6 Å². The van der Waals surface area contributed by atoms with E-state index in [-0.39, 0.29) is 0 Å². The van der Waals surface area contributed by atoms with Gasteiger partial charge in [0.25, 0.3) is 0 Å². The third kappa shape index (κ3) is 2.65. The summed E-state index contributed by atoms with van der Waals surface area (Å²) in [5.74, 6) is 1.65. The van der Waals surface area contributed by atoms with Crippen LogP contribution in [0.5, 0.6) is 0 Å². The van der Waals surface area contributed by atoms with Crippen molar-refractivity contribution >= 4 is 0 Å². The first-order valence-corrected chi connectivity index (χ1v) is 6.47. The number of hydrogen-bond acceptors (Lipinski definition) is 1. The topological polar surface area (TPSA) is 12.0 Å². The molecule has 0 saturated heterocycles. The maximum Gasteiger partial charge on any atom is 0.00104 e. The maximum absolute atomic E-state index is 3.56. The lowest BCUT2D eigenvalue weighted by Gasteiger charge is -2.37. The lowest BCUT2D eigenvalue weighted by Crippen LogP contribution is -2.36. The zero-order valence-corrected chi connectivity index (χ0v) is 10.7. The minimum absolute atomic E-state index is 0.610. The summed E-state index contributed by atoms with van der Waals surface area (Å²) in [6.45, 7) is 7.78. The highest BCUT2D eigenvalue weighted by Gasteiger charge is 2.31. The average Bonchev–Trinajstić information content (AvgIpc) is 2.19. The van der Waals surface area contributed by atoms with Crippen LogP contribution in [0.3, 0.4) is 0 Å². The fourth-order valence-corrected chi connectivity index (χ4v) is 2.45. The zero-order valence-electron chi connectivity index (χ0n) is 10.7. The monoisotopic (exact) mass is 217 g/mol. The smallest absolute Gasteiger partial charge is 0.00104 e. The Hall–Kier alpha value is -0.820. The van der Waals surface area contributed by atoms with Crippen molar-refractivity contribution in [3.8, 4) is 0 Å². The van der Waals surface area contributed by atoms with Crippen LogP contribution in [-0.4, -0.2) is 12.6 Å². The summed E-state index contributed by atoms with van der Waals surface area (Å²) in [4.78, 5) is 0. The third-order valence-corrected chi connectivity index (χ3v) is 3.71. The van der Waals surface area contributed by atoms with Crippen molar-refractivity contribution in [2.24, 2.45) is 5.92 Å². The van der Waals surface area contributed by atoms with Gasteiger partial charge in [-0.1, -0.05) is 43.7 Å². The number of rotatable bonds is 4. The van der Waals surface area contributed by atoms with Crippen LogP contribution in [0.1, 0.15) is 43.7 Å². The van der Waals surface area contributed by atoms with E-state index in [0.29, 0.717) is 6.04 Å². The first kappa shape index (κ1) is 11.7. The predicted molar refractivity (Wildman–Crippen MR) is 69.8 cm³/mol. The van der Waals surface area contributed by atoms with Gasteiger partial charge in [-0.3, -0.25) is 0 Å². The van der Waals surface area contributed by atoms with Gasteiger partial charge in [0.1, 0.15) is 0 Å². The van der Waals surface area contributed by atoms with Crippen LogP contribution in [0, 0.1) is 12.8 Å². The molecule has 1 aliphatic carbocycles. The van der Waals surface area contributed by atoms with Gasteiger partial charge in [-0.2, -0.15) is 0 Å². The molecule has 1 saturated carbocycles. The van der Waals surface area contributed by atoms with E-state index in [1.54, 1.807) is 0 Å². The molecule has 1 aromatic carbocycles. The number of hydrogen-bond donors (Lipinski definition) is 1. The normalized spacial score (nSPS) is 24.5. The summed E-state index contributed by atoms with van der Waals surface area (Å²) >= 11 is 0. The summed E-state index contributed by atoms with van der Waals surface area (Å²) in [6.07, 6.45) is 2.76. The Bertz CT molecular complexity index is 326. The van der Waals surface area contributed by atoms with Crippen molar-refractivity contribution in [2.75, 3.05) is 6.54 Å². The highest BCUT2D eigenvalue weighted by Crippen LogP contribution is 2.42. The van der Waals surface area contributed by atoms with Crippen LogP contribution in [0.4, 0.5) is 0 Å². The van der Waals surface area contributed by atoms with Gasteiger partial charge in [0.05, 0.1) is 0 Å². The van der Waals surface area contributed by atoms with E-state index in [4.69, 9.17) is 0 Å². The molecule has 2 rings (SSSR count). The molecule has 1 fully saturated rings. The molecule has 16 heavy (non-hydrogen) atoms. The second-order valence-electron chi connectivity index (χ2n) is 5.42. The minimum atomic E-state index is 0.610. The fraction of sp³-hybridized carbons (Fsp3) is 0.600. The maximum atomic E-state index is 3.56. The van der Waals surface area contributed by atoms with E-state index in [1.807, 2.05) is 0 Å². The van der Waals surface area contributed by atoms with E-state index >= 15 is 0 Å². The molecule has 2 atom stereocenters. The van der Waals surface area contributed by atoms with Gasteiger partial charge in [-0.25, -0.2) is 0 Å². The van der Waals surface area contributed by atoms with Gasteiger partial charge >= 0.3 is 0 Å². The van der Waals surface area contributed by atoms with Crippen LogP contribution < -0.4 is 5.32 Å². The van der Waals surface area contributed by atoms with Crippen LogP contribution in [-0.2, 0) is 0 Å². The standard InChI is InChI=1S/C15H23N/c1-11(2)16-10-14-8-9-15(14)13-6-4-12(3)5-7-13/h4-7,11,14-16H,8-10H2,1-3H3. The Kier molecular flexibility index (Phi) is 3.65. The molecule has 0 radical (unpaired) electrons. The van der Waals surface area contributed by atoms with Gasteiger partial charge in [-0.05, 0) is 43.7 Å². The Morgan fingerprint density at radius 3 is 2.38 bits per heavy atom. The molecule has 1 heteroatoms. The minimum Gasteiger partial charge on any atom is -0.314 e. The molecule has 0 aliphatic heterocycles. The second kappa shape index (κ2) is 5.01. The summed E-state index contributed by atoms with van der Waals surface area (Å²) in [5.41, 5.74) is 2.90. The summed E-state index contributed by atoms with van der Waals surface area (Å²) in [5, 5.41) is 3.56. The summed E-state index contributed by atoms with van der Waals surface area (Å²) in [6, 6.07) is 9.70. The average molecular weight is 217 g/mol. The van der Waals surface area contributed by atoms with Gasteiger partial charge in [0, 0.05) is 6.04 Å². The quantitative estimate of drug-likeness (QED) is 0.814. The van der Waals surface area contributed by atoms with E-state index < -0.39 is 0 Å². The number of nitrogens with one attached hydrogen (secondary N) is 1. The third-order valence-electron chi connectivity index (χ3n) is 3.71. The predicted octanol–water partition coefficient (Wildman–Crippen LogP) is 3.49. The van der Waals surface area contributed by atoms with Crippen LogP contribution >= 0.6 is 0 Å². The molecule has 0 aromatic heterocycles. The molecule has 0 spiro atoms. The second-order valence-corrected chi connectivity index (χ2v) is 5.42. The Labute approximate surface area is 99.3 Å². The van der Waals surface area contributed by atoms with Crippen molar-refractivity contribution in [3.05, 3.63) is 35.4 Å². The zero-order chi connectivity index (χ0) is 11.5. The van der Waals surface area contributed by atoms with E-state index in [2.05, 4.69) is 50.4 Å². The summed E-state index contributed by atoms with van der Waals surface area (Å²) < 4.78 is 0. The van der Waals surface area contributed by atoms with E-state index in [1.165, 1.54) is 30.5 Å². The molecule has 88 valence electrons. The SMILES string of the molecule is Cc1ccc(C2CCC2CNC(C)C)cc1. The van der Waals surface area contributed by atoms with E-state index in [0.717, 1.165) is 11.8 Å². The molecule has 1 nitrogen and oxygen atoms in total. The summed E-state index contributed by atoms with van der Waals surface area (Å²) in [7, 11) is 0. The van der Waals surface area contributed by atoms with Crippen molar-refractivity contribution in [1.29, 1.82) is 0 Å². The molecule has 1 aliphatic rings. The highest BCUT2D eigenvalue weighted by atomic mass is 14.9. The van der Waals surface area contributed by atoms with Crippen molar-refractivity contribution < 1.29 is 0 Å². The first-order valence-electron chi connectivity index (χ1n) is 6.47. The molecule has 0 heterocycles. The van der Waals surface area contributed by atoms with Gasteiger partial charge in [0.15, 0.2) is 0 Å². The lowest BCUT2D eigenvalue weighted by molar-refractivity contribution is 0.241. The van der Waals surface area contributed by atoms with E-state index in [9.17, 15) is 0 Å². The molecule has 2 unspecified atom stereocenters. The van der Waals surface area contributed by atoms with Crippen LogP contribution in [0.2, 0.25) is 0 Å². The van der Waals surface area contributed by atoms with Crippen molar-refractivity contribution in [3.63, 3.8) is 0 Å². The number of benzene rings is 1. The Morgan fingerprint density at radius 2 is 1.88 bits per heavy atom. The molecular formula is C15H23N. The molecular weight excluding hydrogens is 194 g/mol. The molecule has 0 bridgehead atoms. The van der Waals surface area contributed by atoms with Gasteiger partial charge in [-0.15, -0.1) is 0 Å². The molecule has 1 N–H and O–H groups in total. The first-order chi connectivity index (χ1) is 7.66. The molecule has 1 aromatic rings. The van der Waals surface area contributed by atoms with Crippen LogP contribution in [0.25, 0.3) is 0 Å².